The Kier molecular flexibility index (Phi) is 4.91. The lowest BCUT2D eigenvalue weighted by molar-refractivity contribution is -0.479. The average molecular weight is 380 g/mol. The maximum atomic E-state index is 13.8. The Bertz CT molecular complexity index is 891. The molecule has 8 heteroatoms. The molecule has 2 aromatic carbocycles. The van der Waals surface area contributed by atoms with Gasteiger partial charge in [0.05, 0.1) is 17.2 Å². The van der Waals surface area contributed by atoms with Gasteiger partial charge in [-0.3, -0.25) is 4.79 Å². The SMILES string of the molecule is CC1=[N+]([O-])C(C(=O)Nc2ccccc2F)C(c2ccc(C(F)(F)F)cc2)C1. The number of nitrogens with zero attached hydrogens (tertiary/aromatic N) is 1. The van der Waals surface area contributed by atoms with Crippen LogP contribution < -0.4 is 5.32 Å². The van der Waals surface area contributed by atoms with Gasteiger partial charge in [-0.25, -0.2) is 9.13 Å². The molecule has 2 atom stereocenters. The second-order valence-corrected chi connectivity index (χ2v) is 6.41. The van der Waals surface area contributed by atoms with E-state index in [1.54, 1.807) is 6.92 Å². The third-order valence-corrected chi connectivity index (χ3v) is 4.59. The summed E-state index contributed by atoms with van der Waals surface area (Å²) < 4.78 is 52.5. The van der Waals surface area contributed by atoms with Gasteiger partial charge in [0, 0.05) is 13.3 Å². The van der Waals surface area contributed by atoms with Gasteiger partial charge in [0.1, 0.15) is 5.82 Å². The van der Waals surface area contributed by atoms with E-state index in [1.807, 2.05) is 0 Å². The van der Waals surface area contributed by atoms with E-state index in [0.29, 0.717) is 16.0 Å². The normalized spacial score (nSPS) is 20.0. The lowest BCUT2D eigenvalue weighted by atomic mass is 9.89. The Morgan fingerprint density at radius 1 is 1.15 bits per heavy atom. The van der Waals surface area contributed by atoms with Crippen LogP contribution in [0.2, 0.25) is 0 Å². The molecule has 0 radical (unpaired) electrons. The van der Waals surface area contributed by atoms with Crippen molar-refractivity contribution in [2.24, 2.45) is 0 Å². The third-order valence-electron chi connectivity index (χ3n) is 4.59. The number of hydrogen-bond acceptors (Lipinski definition) is 2. The molecule has 1 amide bonds. The van der Waals surface area contributed by atoms with Gasteiger partial charge in [0.2, 0.25) is 6.04 Å². The van der Waals surface area contributed by atoms with Crippen LogP contribution in [-0.4, -0.2) is 22.4 Å². The monoisotopic (exact) mass is 380 g/mol. The molecule has 0 bridgehead atoms. The molecule has 0 spiro atoms. The van der Waals surface area contributed by atoms with Crippen molar-refractivity contribution in [3.05, 3.63) is 70.7 Å². The Hall–Kier alpha value is -2.90. The van der Waals surface area contributed by atoms with Crippen molar-refractivity contribution in [3.8, 4) is 0 Å². The van der Waals surface area contributed by atoms with Gasteiger partial charge in [-0.15, -0.1) is 0 Å². The van der Waals surface area contributed by atoms with E-state index in [1.165, 1.54) is 36.4 Å². The molecule has 0 saturated carbocycles. The number of para-hydroxylation sites is 1. The van der Waals surface area contributed by atoms with Crippen molar-refractivity contribution in [2.75, 3.05) is 5.32 Å². The number of hydroxylamine groups is 1. The van der Waals surface area contributed by atoms with E-state index in [0.717, 1.165) is 12.1 Å². The molecular weight excluding hydrogens is 364 g/mol. The molecule has 1 N–H and O–H groups in total. The Morgan fingerprint density at radius 3 is 2.37 bits per heavy atom. The first-order valence-corrected chi connectivity index (χ1v) is 8.20. The van der Waals surface area contributed by atoms with Crippen LogP contribution in [0, 0.1) is 11.0 Å². The van der Waals surface area contributed by atoms with E-state index >= 15 is 0 Å². The number of benzene rings is 2. The minimum absolute atomic E-state index is 0.0633. The molecule has 0 saturated heterocycles. The molecule has 3 rings (SSSR count). The van der Waals surface area contributed by atoms with Crippen molar-refractivity contribution >= 4 is 17.3 Å². The van der Waals surface area contributed by atoms with Crippen LogP contribution in [0.3, 0.4) is 0 Å². The van der Waals surface area contributed by atoms with Crippen LogP contribution in [0.25, 0.3) is 0 Å². The predicted octanol–water partition coefficient (Wildman–Crippen LogP) is 4.31. The van der Waals surface area contributed by atoms with Crippen LogP contribution >= 0.6 is 0 Å². The zero-order chi connectivity index (χ0) is 19.8. The minimum atomic E-state index is -4.47. The van der Waals surface area contributed by atoms with Gasteiger partial charge in [-0.05, 0) is 29.8 Å². The first-order chi connectivity index (χ1) is 12.7. The maximum Gasteiger partial charge on any atom is 0.416 e. The Morgan fingerprint density at radius 2 is 1.78 bits per heavy atom. The standard InChI is InChI=1S/C19H16F4N2O2/c1-11-10-14(12-6-8-13(9-7-12)19(21,22)23)17(25(11)27)18(26)24-16-5-3-2-4-15(16)20/h2-9,14,17H,10H2,1H3,(H,24,26). The first kappa shape index (κ1) is 18.9. The number of rotatable bonds is 3. The van der Waals surface area contributed by atoms with Crippen molar-refractivity contribution < 1.29 is 27.1 Å². The fraction of sp³-hybridized carbons (Fsp3) is 0.263. The predicted molar refractivity (Wildman–Crippen MR) is 91.9 cm³/mol. The van der Waals surface area contributed by atoms with Gasteiger partial charge < -0.3 is 10.5 Å². The van der Waals surface area contributed by atoms with Crippen LogP contribution in [-0.2, 0) is 11.0 Å². The van der Waals surface area contributed by atoms with Crippen molar-refractivity contribution in [1.29, 1.82) is 0 Å². The zero-order valence-electron chi connectivity index (χ0n) is 14.3. The number of alkyl halides is 3. The van der Waals surface area contributed by atoms with Gasteiger partial charge in [0.15, 0.2) is 5.71 Å². The van der Waals surface area contributed by atoms with E-state index in [4.69, 9.17) is 0 Å². The number of carbonyl (C=O) groups excluding carboxylic acids is 1. The summed E-state index contributed by atoms with van der Waals surface area (Å²) in [5.74, 6) is -1.98. The molecule has 0 aromatic heterocycles. The topological polar surface area (TPSA) is 55.2 Å². The maximum absolute atomic E-state index is 13.8. The molecule has 0 aliphatic carbocycles. The molecule has 1 aliphatic heterocycles. The van der Waals surface area contributed by atoms with Gasteiger partial charge in [0.25, 0.3) is 5.91 Å². The highest BCUT2D eigenvalue weighted by Gasteiger charge is 2.44. The van der Waals surface area contributed by atoms with Crippen LogP contribution in [0.1, 0.15) is 30.4 Å². The lowest BCUT2D eigenvalue weighted by Gasteiger charge is -2.19. The summed E-state index contributed by atoms with van der Waals surface area (Å²) >= 11 is 0. The van der Waals surface area contributed by atoms with Crippen molar-refractivity contribution in [1.82, 2.24) is 0 Å². The molecule has 0 fully saturated rings. The minimum Gasteiger partial charge on any atom is -0.623 e. The largest absolute Gasteiger partial charge is 0.623 e. The Labute approximate surface area is 152 Å². The Balaban J connectivity index is 1.87. The summed E-state index contributed by atoms with van der Waals surface area (Å²) in [6.07, 6.45) is -4.24. The summed E-state index contributed by atoms with van der Waals surface area (Å²) in [7, 11) is 0. The molecular formula is C19H16F4N2O2. The smallest absolute Gasteiger partial charge is 0.416 e. The number of hydrogen-bond donors (Lipinski definition) is 1. The molecule has 4 nitrogen and oxygen atoms in total. The highest BCUT2D eigenvalue weighted by Crippen LogP contribution is 2.35. The molecule has 1 heterocycles. The molecule has 27 heavy (non-hydrogen) atoms. The zero-order valence-corrected chi connectivity index (χ0v) is 14.3. The van der Waals surface area contributed by atoms with Gasteiger partial charge >= 0.3 is 6.18 Å². The molecule has 2 unspecified atom stereocenters. The summed E-state index contributed by atoms with van der Waals surface area (Å²) in [5.41, 5.74) is -0.0501. The first-order valence-electron chi connectivity index (χ1n) is 8.20. The third kappa shape index (κ3) is 3.79. The fourth-order valence-corrected chi connectivity index (χ4v) is 3.20. The summed E-state index contributed by atoms with van der Waals surface area (Å²) in [6, 6.07) is 8.71. The fourth-order valence-electron chi connectivity index (χ4n) is 3.20. The van der Waals surface area contributed by atoms with E-state index in [9.17, 15) is 27.6 Å². The summed E-state index contributed by atoms with van der Waals surface area (Å²) in [5, 5.41) is 14.8. The van der Waals surface area contributed by atoms with E-state index in [-0.39, 0.29) is 12.1 Å². The number of halogens is 4. The van der Waals surface area contributed by atoms with E-state index in [2.05, 4.69) is 5.32 Å². The van der Waals surface area contributed by atoms with Crippen LogP contribution in [0.4, 0.5) is 23.2 Å². The lowest BCUT2D eigenvalue weighted by Crippen LogP contribution is -2.37. The number of anilines is 1. The van der Waals surface area contributed by atoms with Gasteiger partial charge in [-0.2, -0.15) is 13.2 Å². The summed E-state index contributed by atoms with van der Waals surface area (Å²) in [4.78, 5) is 12.6. The average Bonchev–Trinajstić information content (AvgIpc) is 2.91. The summed E-state index contributed by atoms with van der Waals surface area (Å²) in [6.45, 7) is 1.56. The van der Waals surface area contributed by atoms with Crippen LogP contribution in [0.15, 0.2) is 48.5 Å². The number of nitrogens with one attached hydrogen (secondary N) is 1. The van der Waals surface area contributed by atoms with E-state index < -0.39 is 35.4 Å². The second-order valence-electron chi connectivity index (χ2n) is 6.41. The number of carbonyl (C=O) groups is 1. The molecule has 1 aliphatic rings. The quantitative estimate of drug-likeness (QED) is 0.490. The molecule has 2 aromatic rings. The number of amides is 1. The van der Waals surface area contributed by atoms with Crippen molar-refractivity contribution in [3.63, 3.8) is 0 Å². The highest BCUT2D eigenvalue weighted by molar-refractivity contribution is 5.97. The van der Waals surface area contributed by atoms with Gasteiger partial charge in [-0.1, -0.05) is 24.3 Å². The van der Waals surface area contributed by atoms with Crippen LogP contribution in [0.5, 0.6) is 0 Å². The second kappa shape index (κ2) is 7.02. The van der Waals surface area contributed by atoms with Crippen molar-refractivity contribution in [2.45, 2.75) is 31.5 Å². The highest BCUT2D eigenvalue weighted by atomic mass is 19.4. The molecule has 142 valence electrons.